The van der Waals surface area contributed by atoms with Crippen LogP contribution in [0.3, 0.4) is 0 Å². The minimum Gasteiger partial charge on any atom is -0.469 e. The second kappa shape index (κ2) is 5.47. The maximum atomic E-state index is 11.4. The zero-order valence-corrected chi connectivity index (χ0v) is 9.77. The lowest BCUT2D eigenvalue weighted by molar-refractivity contribution is -0.146. The fourth-order valence-corrected chi connectivity index (χ4v) is 2.08. The maximum absolute atomic E-state index is 11.4. The van der Waals surface area contributed by atoms with E-state index in [2.05, 4.69) is 4.90 Å². The second-order valence-corrected chi connectivity index (χ2v) is 4.38. The Bertz CT molecular complexity index is 220. The number of esters is 1. The standard InChI is InChI=1S/C11H21NO3/c1-8(11(14)15-3)9(2)12-5-4-10(6-12)7-13/h8-10,13H,4-7H2,1-3H3. The topological polar surface area (TPSA) is 49.8 Å². The van der Waals surface area contributed by atoms with Gasteiger partial charge in [0.1, 0.15) is 0 Å². The van der Waals surface area contributed by atoms with Crippen molar-refractivity contribution in [2.24, 2.45) is 11.8 Å². The minimum atomic E-state index is -0.157. The van der Waals surface area contributed by atoms with Crippen molar-refractivity contribution in [3.05, 3.63) is 0 Å². The van der Waals surface area contributed by atoms with E-state index in [1.54, 1.807) is 0 Å². The van der Waals surface area contributed by atoms with Crippen molar-refractivity contribution in [3.8, 4) is 0 Å². The average molecular weight is 215 g/mol. The monoisotopic (exact) mass is 215 g/mol. The molecule has 3 unspecified atom stereocenters. The summed E-state index contributed by atoms with van der Waals surface area (Å²) in [4.78, 5) is 13.6. The molecule has 1 aliphatic heterocycles. The number of methoxy groups -OCH3 is 1. The number of hydrogen-bond donors (Lipinski definition) is 1. The molecule has 0 aromatic heterocycles. The molecule has 0 bridgehead atoms. The summed E-state index contributed by atoms with van der Waals surface area (Å²) in [5.74, 6) is 0.111. The van der Waals surface area contributed by atoms with Crippen LogP contribution in [0.4, 0.5) is 0 Å². The first-order chi connectivity index (χ1) is 7.10. The van der Waals surface area contributed by atoms with E-state index in [4.69, 9.17) is 9.84 Å². The first-order valence-electron chi connectivity index (χ1n) is 5.52. The number of carbonyl (C=O) groups is 1. The van der Waals surface area contributed by atoms with Gasteiger partial charge in [-0.05, 0) is 25.8 Å². The summed E-state index contributed by atoms with van der Waals surface area (Å²) >= 11 is 0. The highest BCUT2D eigenvalue weighted by atomic mass is 16.5. The molecule has 1 aliphatic rings. The van der Waals surface area contributed by atoms with Crippen LogP contribution in [0.25, 0.3) is 0 Å². The molecule has 1 saturated heterocycles. The molecule has 0 aliphatic carbocycles. The Morgan fingerprint density at radius 3 is 2.73 bits per heavy atom. The van der Waals surface area contributed by atoms with E-state index in [-0.39, 0.29) is 24.5 Å². The lowest BCUT2D eigenvalue weighted by atomic mass is 10.0. The van der Waals surface area contributed by atoms with Crippen LogP contribution in [0, 0.1) is 11.8 Å². The third-order valence-corrected chi connectivity index (χ3v) is 3.45. The van der Waals surface area contributed by atoms with E-state index in [1.165, 1.54) is 7.11 Å². The molecule has 0 radical (unpaired) electrons. The van der Waals surface area contributed by atoms with Crippen LogP contribution in [0.2, 0.25) is 0 Å². The number of hydrogen-bond acceptors (Lipinski definition) is 4. The first-order valence-corrected chi connectivity index (χ1v) is 5.52. The van der Waals surface area contributed by atoms with Gasteiger partial charge in [0.25, 0.3) is 0 Å². The zero-order valence-electron chi connectivity index (χ0n) is 9.77. The summed E-state index contributed by atoms with van der Waals surface area (Å²) in [6, 6.07) is 0.189. The summed E-state index contributed by atoms with van der Waals surface area (Å²) in [6.07, 6.45) is 1.02. The molecular weight excluding hydrogens is 194 g/mol. The number of aliphatic hydroxyl groups is 1. The van der Waals surface area contributed by atoms with Gasteiger partial charge in [-0.3, -0.25) is 9.69 Å². The average Bonchev–Trinajstić information content (AvgIpc) is 2.74. The van der Waals surface area contributed by atoms with Crippen molar-refractivity contribution in [1.29, 1.82) is 0 Å². The van der Waals surface area contributed by atoms with Gasteiger partial charge in [-0.1, -0.05) is 6.92 Å². The number of ether oxygens (including phenoxy) is 1. The molecule has 1 fully saturated rings. The highest BCUT2D eigenvalue weighted by molar-refractivity contribution is 5.72. The van der Waals surface area contributed by atoms with Crippen LogP contribution in [-0.4, -0.2) is 48.8 Å². The molecular formula is C11H21NO3. The Balaban J connectivity index is 2.47. The van der Waals surface area contributed by atoms with Gasteiger partial charge >= 0.3 is 5.97 Å². The van der Waals surface area contributed by atoms with Crippen molar-refractivity contribution in [2.45, 2.75) is 26.3 Å². The molecule has 88 valence electrons. The Hall–Kier alpha value is -0.610. The van der Waals surface area contributed by atoms with Crippen molar-refractivity contribution >= 4 is 5.97 Å². The van der Waals surface area contributed by atoms with Gasteiger partial charge in [-0.15, -0.1) is 0 Å². The number of likely N-dealkylation sites (tertiary alicyclic amines) is 1. The predicted molar refractivity (Wildman–Crippen MR) is 57.4 cm³/mol. The number of carbonyl (C=O) groups excluding carboxylic acids is 1. The molecule has 4 heteroatoms. The molecule has 3 atom stereocenters. The molecule has 1 N–H and O–H groups in total. The Morgan fingerprint density at radius 2 is 2.27 bits per heavy atom. The molecule has 0 aromatic rings. The van der Waals surface area contributed by atoms with Crippen LogP contribution < -0.4 is 0 Å². The fraction of sp³-hybridized carbons (Fsp3) is 0.909. The van der Waals surface area contributed by atoms with Crippen LogP contribution >= 0.6 is 0 Å². The van der Waals surface area contributed by atoms with Gasteiger partial charge in [-0.2, -0.15) is 0 Å². The van der Waals surface area contributed by atoms with Gasteiger partial charge in [0.05, 0.1) is 13.0 Å². The highest BCUT2D eigenvalue weighted by Crippen LogP contribution is 2.22. The largest absolute Gasteiger partial charge is 0.469 e. The molecule has 1 heterocycles. The molecule has 0 amide bonds. The summed E-state index contributed by atoms with van der Waals surface area (Å²) < 4.78 is 4.73. The van der Waals surface area contributed by atoms with Gasteiger partial charge in [0.2, 0.25) is 0 Å². The Kier molecular flexibility index (Phi) is 4.54. The van der Waals surface area contributed by atoms with Crippen LogP contribution in [0.5, 0.6) is 0 Å². The number of aliphatic hydroxyl groups excluding tert-OH is 1. The lowest BCUT2D eigenvalue weighted by Gasteiger charge is -2.28. The van der Waals surface area contributed by atoms with E-state index in [9.17, 15) is 4.79 Å². The van der Waals surface area contributed by atoms with Crippen molar-refractivity contribution < 1.29 is 14.6 Å². The van der Waals surface area contributed by atoms with E-state index < -0.39 is 0 Å². The minimum absolute atomic E-state index is 0.104. The fourth-order valence-electron chi connectivity index (χ4n) is 2.08. The summed E-state index contributed by atoms with van der Waals surface area (Å²) in [7, 11) is 1.42. The predicted octanol–water partition coefficient (Wildman–Crippen LogP) is 0.498. The SMILES string of the molecule is COC(=O)C(C)C(C)N1CCC(CO)C1. The van der Waals surface area contributed by atoms with Gasteiger partial charge in [0, 0.05) is 19.2 Å². The Morgan fingerprint density at radius 1 is 1.60 bits per heavy atom. The highest BCUT2D eigenvalue weighted by Gasteiger charge is 2.31. The first kappa shape index (κ1) is 12.5. The molecule has 4 nitrogen and oxygen atoms in total. The van der Waals surface area contributed by atoms with Crippen molar-refractivity contribution in [1.82, 2.24) is 4.90 Å². The quantitative estimate of drug-likeness (QED) is 0.694. The lowest BCUT2D eigenvalue weighted by Crippen LogP contribution is -2.39. The summed E-state index contributed by atoms with van der Waals surface area (Å²) in [5.41, 5.74) is 0. The van der Waals surface area contributed by atoms with Gasteiger partial charge in [-0.25, -0.2) is 0 Å². The van der Waals surface area contributed by atoms with E-state index >= 15 is 0 Å². The van der Waals surface area contributed by atoms with Crippen LogP contribution in [0.15, 0.2) is 0 Å². The maximum Gasteiger partial charge on any atom is 0.309 e. The van der Waals surface area contributed by atoms with Gasteiger partial charge in [0.15, 0.2) is 0 Å². The summed E-state index contributed by atoms with van der Waals surface area (Å²) in [5, 5.41) is 9.04. The summed E-state index contributed by atoms with van der Waals surface area (Å²) in [6.45, 7) is 6.03. The molecule has 1 rings (SSSR count). The third-order valence-electron chi connectivity index (χ3n) is 3.45. The molecule has 0 aromatic carbocycles. The van der Waals surface area contributed by atoms with E-state index in [0.29, 0.717) is 5.92 Å². The number of rotatable bonds is 4. The molecule has 15 heavy (non-hydrogen) atoms. The van der Waals surface area contributed by atoms with E-state index in [0.717, 1.165) is 19.5 Å². The second-order valence-electron chi connectivity index (χ2n) is 4.38. The third kappa shape index (κ3) is 2.92. The van der Waals surface area contributed by atoms with Crippen LogP contribution in [-0.2, 0) is 9.53 Å². The molecule has 0 saturated carbocycles. The van der Waals surface area contributed by atoms with Crippen molar-refractivity contribution in [2.75, 3.05) is 26.8 Å². The van der Waals surface area contributed by atoms with Gasteiger partial charge < -0.3 is 9.84 Å². The Labute approximate surface area is 91.2 Å². The molecule has 0 spiro atoms. The number of nitrogens with zero attached hydrogens (tertiary/aromatic N) is 1. The normalized spacial score (nSPS) is 26.3. The van der Waals surface area contributed by atoms with Crippen molar-refractivity contribution in [3.63, 3.8) is 0 Å². The smallest absolute Gasteiger partial charge is 0.309 e. The van der Waals surface area contributed by atoms with Crippen LogP contribution in [0.1, 0.15) is 20.3 Å². The van der Waals surface area contributed by atoms with E-state index in [1.807, 2.05) is 13.8 Å². The zero-order chi connectivity index (χ0) is 11.4.